The molecular formula is C12H15IN4O5. The van der Waals surface area contributed by atoms with Crippen molar-refractivity contribution in [1.29, 1.82) is 0 Å². The lowest BCUT2D eigenvalue weighted by atomic mass is 9.96. The van der Waals surface area contributed by atoms with Crippen LogP contribution < -0.4 is 5.48 Å². The molecule has 2 aromatic rings. The molecule has 120 valence electrons. The first-order chi connectivity index (χ1) is 10.4. The van der Waals surface area contributed by atoms with Crippen LogP contribution in [0.5, 0.6) is 0 Å². The van der Waals surface area contributed by atoms with E-state index in [-0.39, 0.29) is 5.82 Å². The summed E-state index contributed by atoms with van der Waals surface area (Å²) >= 11 is 2.04. The highest BCUT2D eigenvalue weighted by molar-refractivity contribution is 14.1. The highest BCUT2D eigenvalue weighted by Crippen LogP contribution is 2.41. The minimum atomic E-state index is -1.61. The number of halogens is 1. The van der Waals surface area contributed by atoms with Gasteiger partial charge in [-0.05, 0) is 29.5 Å². The van der Waals surface area contributed by atoms with Crippen LogP contribution in [-0.2, 0) is 4.74 Å². The molecule has 0 radical (unpaired) electrons. The summed E-state index contributed by atoms with van der Waals surface area (Å²) in [5.74, 6) is 0.227. The molecule has 9 nitrogen and oxygen atoms in total. The van der Waals surface area contributed by atoms with Crippen molar-refractivity contribution in [2.75, 3.05) is 12.1 Å². The number of rotatable bonds is 3. The van der Waals surface area contributed by atoms with E-state index in [0.29, 0.717) is 11.0 Å². The van der Waals surface area contributed by atoms with E-state index < -0.39 is 30.6 Å². The number of ether oxygens (including phenoxy) is 1. The van der Waals surface area contributed by atoms with Crippen LogP contribution in [0.3, 0.4) is 0 Å². The number of anilines is 1. The van der Waals surface area contributed by atoms with E-state index in [4.69, 9.17) is 9.94 Å². The number of hydrogen-bond donors (Lipinski definition) is 5. The molecule has 1 saturated heterocycles. The Morgan fingerprint density at radius 3 is 2.82 bits per heavy atom. The third kappa shape index (κ3) is 2.18. The number of aliphatic hydroxyl groups is 3. The number of aromatic nitrogens is 3. The third-order valence-corrected chi connectivity index (χ3v) is 4.67. The summed E-state index contributed by atoms with van der Waals surface area (Å²) < 4.78 is 7.87. The first-order valence-electron chi connectivity index (χ1n) is 6.49. The monoisotopic (exact) mass is 422 g/mol. The molecule has 0 unspecified atom stereocenters. The van der Waals surface area contributed by atoms with Crippen LogP contribution in [0.4, 0.5) is 5.82 Å². The molecule has 0 aromatic carbocycles. The zero-order valence-electron chi connectivity index (χ0n) is 11.5. The first-order valence-corrected chi connectivity index (χ1v) is 7.57. The molecule has 1 fully saturated rings. The van der Waals surface area contributed by atoms with Crippen LogP contribution in [0.25, 0.3) is 11.0 Å². The SMILES string of the molecule is C[C@]1(O)[C@H](O)[C@@H](CO)O[C@H]1n1cc(I)c2c(NO)ncnc21. The number of aliphatic hydroxyl groups excluding tert-OH is 2. The van der Waals surface area contributed by atoms with Gasteiger partial charge in [0.15, 0.2) is 12.0 Å². The highest BCUT2D eigenvalue weighted by atomic mass is 127. The lowest BCUT2D eigenvalue weighted by molar-refractivity contribution is -0.0948. The second-order valence-electron chi connectivity index (χ2n) is 5.30. The summed E-state index contributed by atoms with van der Waals surface area (Å²) in [5.41, 5.74) is 0.814. The summed E-state index contributed by atoms with van der Waals surface area (Å²) in [6.45, 7) is 1.02. The maximum Gasteiger partial charge on any atom is 0.167 e. The number of fused-ring (bicyclic) bond motifs is 1. The van der Waals surface area contributed by atoms with Gasteiger partial charge in [-0.2, -0.15) is 0 Å². The molecule has 4 atom stereocenters. The predicted octanol–water partition coefficient (Wildman–Crippen LogP) is -0.161. The molecule has 0 bridgehead atoms. The van der Waals surface area contributed by atoms with Gasteiger partial charge in [-0.25, -0.2) is 9.97 Å². The van der Waals surface area contributed by atoms with E-state index in [1.54, 1.807) is 10.8 Å². The van der Waals surface area contributed by atoms with Gasteiger partial charge in [0.05, 0.1) is 12.0 Å². The van der Waals surface area contributed by atoms with Crippen LogP contribution in [0.15, 0.2) is 12.5 Å². The Bertz CT molecular complexity index is 706. The Morgan fingerprint density at radius 2 is 2.23 bits per heavy atom. The molecule has 3 rings (SSSR count). The second kappa shape index (κ2) is 5.54. The molecule has 0 saturated carbocycles. The van der Waals surface area contributed by atoms with Gasteiger partial charge in [0, 0.05) is 9.77 Å². The van der Waals surface area contributed by atoms with E-state index in [2.05, 4.69) is 9.97 Å². The maximum absolute atomic E-state index is 10.6. The molecular weight excluding hydrogens is 407 g/mol. The van der Waals surface area contributed by atoms with E-state index in [1.807, 2.05) is 28.1 Å². The molecule has 0 spiro atoms. The van der Waals surface area contributed by atoms with Crippen molar-refractivity contribution in [3.63, 3.8) is 0 Å². The molecule has 0 amide bonds. The van der Waals surface area contributed by atoms with Crippen LogP contribution in [-0.4, -0.2) is 59.5 Å². The minimum Gasteiger partial charge on any atom is -0.394 e. The molecule has 22 heavy (non-hydrogen) atoms. The number of nitrogens with zero attached hydrogens (tertiary/aromatic N) is 3. The molecule has 5 N–H and O–H groups in total. The Kier molecular flexibility index (Phi) is 3.99. The van der Waals surface area contributed by atoms with Gasteiger partial charge in [0.1, 0.15) is 29.8 Å². The summed E-state index contributed by atoms with van der Waals surface area (Å²) in [4.78, 5) is 8.08. The van der Waals surface area contributed by atoms with Gasteiger partial charge in [-0.15, -0.1) is 0 Å². The summed E-state index contributed by atoms with van der Waals surface area (Å²) in [6.07, 6.45) is -0.141. The Morgan fingerprint density at radius 1 is 1.50 bits per heavy atom. The largest absolute Gasteiger partial charge is 0.394 e. The van der Waals surface area contributed by atoms with E-state index in [9.17, 15) is 15.3 Å². The standard InChI is InChI=1S/C12H15IN4O5/c1-12(20)8(19)6(3-18)22-11(12)17-2-5(13)7-9(16-21)14-4-15-10(7)17/h2,4,6,8,11,18-21H,3H2,1H3,(H,14,15,16)/t6-,8-,11-,12+/m1/s1. The molecule has 2 aromatic heterocycles. The third-order valence-electron chi connectivity index (χ3n) is 3.86. The molecule has 0 aliphatic carbocycles. The Hall–Kier alpha value is -1.05. The highest BCUT2D eigenvalue weighted by Gasteiger charge is 2.53. The minimum absolute atomic E-state index is 0.227. The maximum atomic E-state index is 10.6. The Balaban J connectivity index is 2.15. The topological polar surface area (TPSA) is 133 Å². The van der Waals surface area contributed by atoms with Gasteiger partial charge in [0.25, 0.3) is 0 Å². The number of hydrogen-bond acceptors (Lipinski definition) is 8. The van der Waals surface area contributed by atoms with Gasteiger partial charge >= 0.3 is 0 Å². The average molecular weight is 422 g/mol. The smallest absolute Gasteiger partial charge is 0.167 e. The van der Waals surface area contributed by atoms with Crippen molar-refractivity contribution in [3.05, 3.63) is 16.1 Å². The van der Waals surface area contributed by atoms with Crippen LogP contribution in [0.1, 0.15) is 13.2 Å². The van der Waals surface area contributed by atoms with Crippen molar-refractivity contribution < 1.29 is 25.3 Å². The zero-order chi connectivity index (χ0) is 16.1. The normalized spacial score (nSPS) is 31.8. The first kappa shape index (κ1) is 15.8. The quantitative estimate of drug-likeness (QED) is 0.341. The predicted molar refractivity (Wildman–Crippen MR) is 83.3 cm³/mol. The molecule has 1 aliphatic rings. The fraction of sp³-hybridized carbons (Fsp3) is 0.500. The van der Waals surface area contributed by atoms with Gasteiger partial charge in [-0.1, -0.05) is 0 Å². The Labute approximate surface area is 138 Å². The summed E-state index contributed by atoms with van der Waals surface area (Å²) in [7, 11) is 0. The van der Waals surface area contributed by atoms with Gasteiger partial charge in [0.2, 0.25) is 0 Å². The van der Waals surface area contributed by atoms with E-state index in [1.165, 1.54) is 13.3 Å². The average Bonchev–Trinajstić information content (AvgIpc) is 2.95. The van der Waals surface area contributed by atoms with E-state index >= 15 is 0 Å². The lowest BCUT2D eigenvalue weighted by Gasteiger charge is -2.27. The summed E-state index contributed by atoms with van der Waals surface area (Å²) in [5, 5.41) is 39.6. The van der Waals surface area contributed by atoms with Crippen LogP contribution in [0, 0.1) is 3.57 Å². The fourth-order valence-corrected chi connectivity index (χ4v) is 3.49. The van der Waals surface area contributed by atoms with E-state index in [0.717, 1.165) is 3.57 Å². The zero-order valence-corrected chi connectivity index (χ0v) is 13.7. The summed E-state index contributed by atoms with van der Waals surface area (Å²) in [6, 6.07) is 0. The molecule has 3 heterocycles. The van der Waals surface area contributed by atoms with Crippen LogP contribution in [0.2, 0.25) is 0 Å². The molecule has 10 heteroatoms. The molecule has 1 aliphatic heterocycles. The van der Waals surface area contributed by atoms with Crippen molar-refractivity contribution in [1.82, 2.24) is 14.5 Å². The van der Waals surface area contributed by atoms with Crippen molar-refractivity contribution >= 4 is 39.4 Å². The van der Waals surface area contributed by atoms with Crippen molar-refractivity contribution in [2.24, 2.45) is 0 Å². The second-order valence-corrected chi connectivity index (χ2v) is 6.46. The number of nitrogens with one attached hydrogen (secondary N) is 1. The van der Waals surface area contributed by atoms with Crippen molar-refractivity contribution in [2.45, 2.75) is 31.0 Å². The fourth-order valence-electron chi connectivity index (χ4n) is 2.69. The van der Waals surface area contributed by atoms with Gasteiger partial charge < -0.3 is 24.6 Å². The van der Waals surface area contributed by atoms with Crippen molar-refractivity contribution in [3.8, 4) is 0 Å². The van der Waals surface area contributed by atoms with Crippen LogP contribution >= 0.6 is 22.6 Å². The van der Waals surface area contributed by atoms with Gasteiger partial charge in [-0.3, -0.25) is 10.7 Å². The lowest BCUT2D eigenvalue weighted by Crippen LogP contribution is -2.44.